The number of aromatic nitrogens is 3. The maximum absolute atomic E-state index is 15.0. The van der Waals surface area contributed by atoms with Crippen molar-refractivity contribution < 1.29 is 37.7 Å². The SMILES string of the molecule is COc1cccc([C@H]2O[C@H](CC(=O)N3CCC(OC(C)=O)CC3)c3nnc(C(F)(F)CO)n3-c3ccc(Cl)cc32)c1Br. The van der Waals surface area contributed by atoms with E-state index in [2.05, 4.69) is 26.1 Å². The minimum absolute atomic E-state index is 0.0219. The fraction of sp³-hybridized carbons (Fsp3) is 0.429. The first-order valence-electron chi connectivity index (χ1n) is 13.2. The van der Waals surface area contributed by atoms with Gasteiger partial charge in [0.2, 0.25) is 11.7 Å². The first kappa shape index (κ1) is 30.3. The number of carbonyl (C=O) groups excluding carboxylic acids is 2. The molecule has 0 bridgehead atoms. The molecule has 3 heterocycles. The fourth-order valence-corrected chi connectivity index (χ4v) is 6.12. The molecule has 2 aliphatic rings. The lowest BCUT2D eigenvalue weighted by Gasteiger charge is -2.32. The zero-order valence-corrected chi connectivity index (χ0v) is 25.1. The van der Waals surface area contributed by atoms with Gasteiger partial charge in [0.05, 0.1) is 23.7 Å². The quantitative estimate of drug-likeness (QED) is 0.354. The summed E-state index contributed by atoms with van der Waals surface area (Å²) in [5, 5.41) is 17.6. The lowest BCUT2D eigenvalue weighted by atomic mass is 9.99. The Bertz CT molecular complexity index is 1500. The van der Waals surface area contributed by atoms with Crippen LogP contribution in [0.15, 0.2) is 40.9 Å². The molecule has 42 heavy (non-hydrogen) atoms. The van der Waals surface area contributed by atoms with Gasteiger partial charge in [0, 0.05) is 49.0 Å². The van der Waals surface area contributed by atoms with Crippen LogP contribution in [0, 0.1) is 0 Å². The molecule has 14 heteroatoms. The number of benzene rings is 2. The van der Waals surface area contributed by atoms with Crippen LogP contribution in [0.3, 0.4) is 0 Å². The molecule has 1 fully saturated rings. The second-order valence-corrected chi connectivity index (χ2v) is 11.3. The molecular weight excluding hydrogens is 642 g/mol. The van der Waals surface area contributed by atoms with E-state index in [0.29, 0.717) is 52.3 Å². The summed E-state index contributed by atoms with van der Waals surface area (Å²) in [7, 11) is 1.51. The molecule has 0 spiro atoms. The molecule has 0 saturated carbocycles. The number of rotatable bonds is 7. The minimum atomic E-state index is -3.74. The zero-order valence-electron chi connectivity index (χ0n) is 22.7. The molecular formula is C28H28BrClF2N4O6. The summed E-state index contributed by atoms with van der Waals surface area (Å²) in [4.78, 5) is 26.5. The van der Waals surface area contributed by atoms with E-state index >= 15 is 8.78 Å². The number of aliphatic hydroxyl groups excluding tert-OH is 1. The average molecular weight is 670 g/mol. The summed E-state index contributed by atoms with van der Waals surface area (Å²) in [6.45, 7) is 0.546. The fourth-order valence-electron chi connectivity index (χ4n) is 5.30. The Labute approximate surface area is 253 Å². The van der Waals surface area contributed by atoms with Gasteiger partial charge in [-0.1, -0.05) is 23.7 Å². The molecule has 10 nitrogen and oxygen atoms in total. The Morgan fingerprint density at radius 3 is 2.60 bits per heavy atom. The van der Waals surface area contributed by atoms with Crippen LogP contribution >= 0.6 is 27.5 Å². The van der Waals surface area contributed by atoms with Crippen LogP contribution < -0.4 is 4.74 Å². The predicted molar refractivity (Wildman–Crippen MR) is 150 cm³/mol. The summed E-state index contributed by atoms with van der Waals surface area (Å²) >= 11 is 9.97. The largest absolute Gasteiger partial charge is 0.496 e. The second-order valence-electron chi connectivity index (χ2n) is 10.0. The van der Waals surface area contributed by atoms with Crippen molar-refractivity contribution in [3.8, 4) is 11.4 Å². The molecule has 3 aromatic rings. The highest BCUT2D eigenvalue weighted by Crippen LogP contribution is 2.46. The average Bonchev–Trinajstić information content (AvgIpc) is 3.37. The second kappa shape index (κ2) is 12.2. The van der Waals surface area contributed by atoms with Gasteiger partial charge in [0.25, 0.3) is 0 Å². The van der Waals surface area contributed by atoms with Crippen LogP contribution in [-0.2, 0) is 25.0 Å². The molecule has 224 valence electrons. The first-order valence-corrected chi connectivity index (χ1v) is 14.4. The Kier molecular flexibility index (Phi) is 8.83. The third-order valence-corrected chi connectivity index (χ3v) is 8.38. The van der Waals surface area contributed by atoms with E-state index in [1.165, 1.54) is 14.0 Å². The molecule has 1 saturated heterocycles. The van der Waals surface area contributed by atoms with Gasteiger partial charge in [0.15, 0.2) is 5.82 Å². The number of aliphatic hydroxyl groups is 1. The molecule has 0 aliphatic carbocycles. The normalized spacial score (nSPS) is 19.1. The lowest BCUT2D eigenvalue weighted by molar-refractivity contribution is -0.150. The number of hydrogen-bond donors (Lipinski definition) is 1. The van der Waals surface area contributed by atoms with Gasteiger partial charge in [-0.25, -0.2) is 0 Å². The van der Waals surface area contributed by atoms with E-state index in [-0.39, 0.29) is 35.9 Å². The van der Waals surface area contributed by atoms with Crippen LogP contribution in [0.5, 0.6) is 5.75 Å². The Morgan fingerprint density at radius 1 is 1.19 bits per heavy atom. The Balaban J connectivity index is 1.59. The molecule has 5 rings (SSSR count). The van der Waals surface area contributed by atoms with Crippen LogP contribution in [0.2, 0.25) is 5.02 Å². The van der Waals surface area contributed by atoms with E-state index < -0.39 is 30.6 Å². The number of methoxy groups -OCH3 is 1. The molecule has 2 aromatic carbocycles. The maximum Gasteiger partial charge on any atom is 0.329 e. The summed E-state index contributed by atoms with van der Waals surface area (Å²) in [5.74, 6) is -4.72. The zero-order chi connectivity index (χ0) is 30.2. The molecule has 0 unspecified atom stereocenters. The number of alkyl halides is 2. The third-order valence-electron chi connectivity index (χ3n) is 7.30. The van der Waals surface area contributed by atoms with Gasteiger partial charge in [-0.15, -0.1) is 10.2 Å². The van der Waals surface area contributed by atoms with Gasteiger partial charge in [-0.2, -0.15) is 8.78 Å². The highest BCUT2D eigenvalue weighted by atomic mass is 79.9. The first-order chi connectivity index (χ1) is 20.0. The number of amides is 1. The van der Waals surface area contributed by atoms with Crippen molar-refractivity contribution in [2.45, 2.75) is 50.4 Å². The Hall–Kier alpha value is -3.13. The van der Waals surface area contributed by atoms with Gasteiger partial charge < -0.3 is 24.2 Å². The molecule has 1 aromatic heterocycles. The number of carbonyl (C=O) groups is 2. The van der Waals surface area contributed by atoms with Crippen molar-refractivity contribution in [1.29, 1.82) is 0 Å². The van der Waals surface area contributed by atoms with E-state index in [1.807, 2.05) is 0 Å². The Morgan fingerprint density at radius 2 is 1.93 bits per heavy atom. The molecule has 1 amide bonds. The number of likely N-dealkylation sites (tertiary alicyclic amines) is 1. The number of fused-ring (bicyclic) bond motifs is 3. The summed E-state index contributed by atoms with van der Waals surface area (Å²) in [5.41, 5.74) is 1.29. The van der Waals surface area contributed by atoms with Crippen LogP contribution in [0.4, 0.5) is 8.78 Å². The van der Waals surface area contributed by atoms with Crippen molar-refractivity contribution in [1.82, 2.24) is 19.7 Å². The van der Waals surface area contributed by atoms with Gasteiger partial charge >= 0.3 is 11.9 Å². The van der Waals surface area contributed by atoms with Crippen molar-refractivity contribution in [3.63, 3.8) is 0 Å². The molecule has 2 atom stereocenters. The predicted octanol–water partition coefficient (Wildman–Crippen LogP) is 4.88. The third kappa shape index (κ3) is 5.87. The topological polar surface area (TPSA) is 116 Å². The molecule has 2 aliphatic heterocycles. The molecule has 1 N–H and O–H groups in total. The number of nitrogens with zero attached hydrogens (tertiary/aromatic N) is 4. The van der Waals surface area contributed by atoms with E-state index in [9.17, 15) is 14.7 Å². The maximum atomic E-state index is 15.0. The smallest absolute Gasteiger partial charge is 0.329 e. The van der Waals surface area contributed by atoms with Crippen molar-refractivity contribution in [2.24, 2.45) is 0 Å². The standard InChI is InChI=1S/C28H28BrClF2N4O6/c1-15(38)41-17-8-10-35(11-9-17)23(39)13-22-26-33-34-27(28(31,32)14-37)36(26)20-7-6-16(30)12-19(20)25(42-22)18-4-3-5-21(40-2)24(18)29/h3-7,12,17,22,25,37H,8-11,13-14H2,1-2H3/t22-,25-/m1/s1. The van der Waals surface area contributed by atoms with Crippen LogP contribution in [0.1, 0.15) is 61.2 Å². The molecule has 0 radical (unpaired) electrons. The van der Waals surface area contributed by atoms with E-state index in [0.717, 1.165) is 4.57 Å². The van der Waals surface area contributed by atoms with Crippen molar-refractivity contribution in [3.05, 3.63) is 68.7 Å². The van der Waals surface area contributed by atoms with Crippen LogP contribution in [-0.4, -0.2) is 69.6 Å². The lowest BCUT2D eigenvalue weighted by Crippen LogP contribution is -2.42. The van der Waals surface area contributed by atoms with Crippen LogP contribution in [0.25, 0.3) is 5.69 Å². The van der Waals surface area contributed by atoms with Gasteiger partial charge in [-0.05, 0) is 40.2 Å². The summed E-state index contributed by atoms with van der Waals surface area (Å²) < 4.78 is 49.1. The van der Waals surface area contributed by atoms with Gasteiger partial charge in [0.1, 0.15) is 30.7 Å². The summed E-state index contributed by atoms with van der Waals surface area (Å²) in [6, 6.07) is 9.99. The van der Waals surface area contributed by atoms with E-state index in [4.69, 9.17) is 25.8 Å². The minimum Gasteiger partial charge on any atom is -0.496 e. The van der Waals surface area contributed by atoms with E-state index in [1.54, 1.807) is 41.3 Å². The highest BCUT2D eigenvalue weighted by Gasteiger charge is 2.43. The number of esters is 1. The monoisotopic (exact) mass is 668 g/mol. The summed E-state index contributed by atoms with van der Waals surface area (Å²) in [6.07, 6.45) is -1.57. The van der Waals surface area contributed by atoms with Crippen molar-refractivity contribution in [2.75, 3.05) is 26.8 Å². The van der Waals surface area contributed by atoms with Crippen molar-refractivity contribution >= 4 is 39.4 Å². The number of hydrogen-bond acceptors (Lipinski definition) is 8. The number of ether oxygens (including phenoxy) is 3. The highest BCUT2D eigenvalue weighted by molar-refractivity contribution is 9.10. The van der Waals surface area contributed by atoms with Gasteiger partial charge in [-0.3, -0.25) is 14.2 Å². The number of halogens is 4. The number of piperidine rings is 1.